The van der Waals surface area contributed by atoms with Crippen molar-refractivity contribution in [2.45, 2.75) is 78.0 Å². The molecule has 2 aromatic heterocycles. The summed E-state index contributed by atoms with van der Waals surface area (Å²) >= 11 is 0. The van der Waals surface area contributed by atoms with Crippen molar-refractivity contribution in [3.8, 4) is 0 Å². The van der Waals surface area contributed by atoms with Gasteiger partial charge in [0.15, 0.2) is 11.4 Å². The number of aryl methyl sites for hydroxylation is 2. The third-order valence-corrected chi connectivity index (χ3v) is 8.27. The summed E-state index contributed by atoms with van der Waals surface area (Å²) in [6.07, 6.45) is 4.60. The van der Waals surface area contributed by atoms with Gasteiger partial charge in [0.05, 0.1) is 7.11 Å². The highest BCUT2D eigenvalue weighted by atomic mass is 28.3. The molecule has 0 saturated heterocycles. The van der Waals surface area contributed by atoms with Crippen molar-refractivity contribution in [1.82, 2.24) is 19.6 Å². The van der Waals surface area contributed by atoms with E-state index in [9.17, 15) is 9.59 Å². The van der Waals surface area contributed by atoms with E-state index in [1.807, 2.05) is 6.20 Å². The Morgan fingerprint density at radius 2 is 1.67 bits per heavy atom. The molecule has 186 valence electrons. The largest absolute Gasteiger partial charge is 0.476 e. The van der Waals surface area contributed by atoms with Gasteiger partial charge in [-0.1, -0.05) is 45.3 Å². The number of hydrogen-bond acceptors (Lipinski definition) is 6. The molecule has 1 N–H and O–H groups in total. The van der Waals surface area contributed by atoms with Gasteiger partial charge in [-0.15, -0.1) is 0 Å². The molecule has 0 bridgehead atoms. The van der Waals surface area contributed by atoms with Gasteiger partial charge in [-0.05, 0) is 25.5 Å². The molecule has 0 aliphatic heterocycles. The maximum absolute atomic E-state index is 11.2. The number of carbonyl (C=O) groups excluding carboxylic acids is 1. The van der Waals surface area contributed by atoms with Crippen molar-refractivity contribution in [3.05, 3.63) is 35.4 Å². The van der Waals surface area contributed by atoms with E-state index < -0.39 is 28.1 Å². The number of hydrogen-bond donors (Lipinski definition) is 1. The minimum Gasteiger partial charge on any atom is -0.476 e. The van der Waals surface area contributed by atoms with Crippen LogP contribution in [0.3, 0.4) is 0 Å². The van der Waals surface area contributed by atoms with Crippen LogP contribution in [0.1, 0.15) is 33.0 Å². The summed E-state index contributed by atoms with van der Waals surface area (Å²) in [7, 11) is -0.701. The van der Waals surface area contributed by atoms with E-state index in [0.717, 1.165) is 31.2 Å². The summed E-state index contributed by atoms with van der Waals surface area (Å²) in [4.78, 5) is 22.0. The Bertz CT molecular complexity index is 897. The van der Waals surface area contributed by atoms with Gasteiger partial charge in [0, 0.05) is 47.3 Å². The maximum atomic E-state index is 11.2. The lowest BCUT2D eigenvalue weighted by Crippen LogP contribution is -2.22. The number of aromatic carboxylic acids is 1. The summed E-state index contributed by atoms with van der Waals surface area (Å²) in [6.45, 7) is 17.6. The predicted octanol–water partition coefficient (Wildman–Crippen LogP) is 4.60. The smallest absolute Gasteiger partial charge is 0.358 e. The first kappa shape index (κ1) is 28.8. The minimum atomic E-state index is -1.04. The highest BCUT2D eigenvalue weighted by molar-refractivity contribution is 6.76. The minimum absolute atomic E-state index is 0.174. The summed E-state index contributed by atoms with van der Waals surface area (Å²) in [5.41, 5.74) is 1.22. The summed E-state index contributed by atoms with van der Waals surface area (Å²) in [5, 5.41) is 17.0. The van der Waals surface area contributed by atoms with Crippen LogP contribution in [0.15, 0.2) is 18.5 Å². The molecule has 0 radical (unpaired) electrons. The lowest BCUT2D eigenvalue weighted by atomic mass is 10.3. The van der Waals surface area contributed by atoms with Gasteiger partial charge in [0.1, 0.15) is 6.73 Å². The van der Waals surface area contributed by atoms with E-state index in [2.05, 4.69) is 54.2 Å². The molecule has 0 fully saturated rings. The molecule has 0 spiro atoms. The van der Waals surface area contributed by atoms with Crippen LogP contribution in [-0.4, -0.2) is 66.5 Å². The van der Waals surface area contributed by atoms with Crippen molar-refractivity contribution < 1.29 is 24.2 Å². The molecular formula is C22H40N4O5Si2. The summed E-state index contributed by atoms with van der Waals surface area (Å²) < 4.78 is 13.4. The fourth-order valence-corrected chi connectivity index (χ4v) is 4.78. The topological polar surface area (TPSA) is 108 Å². The van der Waals surface area contributed by atoms with Gasteiger partial charge in [0.25, 0.3) is 0 Å². The maximum Gasteiger partial charge on any atom is 0.358 e. The SMILES string of the molecule is COC(=O)c1ccn(COCC[Si](C)(C)C)n1.Cc1cn(CCC[Si](C)(C)C)nc1C(=O)O. The van der Waals surface area contributed by atoms with E-state index in [1.165, 1.54) is 13.2 Å². The zero-order valence-electron chi connectivity index (χ0n) is 21.3. The van der Waals surface area contributed by atoms with Crippen molar-refractivity contribution in [1.29, 1.82) is 0 Å². The zero-order chi connectivity index (χ0) is 25.2. The Kier molecular flexibility index (Phi) is 11.2. The average Bonchev–Trinajstić information content (AvgIpc) is 3.30. The Hall–Kier alpha value is -2.25. The predicted molar refractivity (Wildman–Crippen MR) is 134 cm³/mol. The standard InChI is InChI=1S/C11H20N2O3Si.C11H20N2O2Si/c1-15-11(14)10-5-6-13(12-10)9-16-7-8-17(2,3)4;1-9-8-13(12-10(9)11(14)15)6-5-7-16(2,3)4/h5-6H,7-9H2,1-4H3;8H,5-7H2,1-4H3,(H,14,15). The molecular weight excluding hydrogens is 456 g/mol. The van der Waals surface area contributed by atoms with Gasteiger partial charge in [-0.25, -0.2) is 14.3 Å². The Morgan fingerprint density at radius 1 is 1.03 bits per heavy atom. The fraction of sp³-hybridized carbons (Fsp3) is 0.636. The van der Waals surface area contributed by atoms with Crippen molar-refractivity contribution in [2.24, 2.45) is 0 Å². The van der Waals surface area contributed by atoms with Gasteiger partial charge in [0.2, 0.25) is 0 Å². The first-order chi connectivity index (χ1) is 15.2. The molecule has 11 heteroatoms. The normalized spacial score (nSPS) is 11.6. The third-order valence-electron chi connectivity index (χ3n) is 4.72. The fourth-order valence-electron chi connectivity index (χ4n) is 2.80. The number of methoxy groups -OCH3 is 1. The number of carboxylic acids is 1. The number of rotatable bonds is 11. The number of esters is 1. The molecule has 0 amide bonds. The molecule has 0 aliphatic carbocycles. The highest BCUT2D eigenvalue weighted by Gasteiger charge is 2.15. The average molecular weight is 497 g/mol. The van der Waals surface area contributed by atoms with Crippen LogP contribution in [0.2, 0.25) is 51.4 Å². The molecule has 9 nitrogen and oxygen atoms in total. The van der Waals surface area contributed by atoms with Gasteiger partial charge >= 0.3 is 11.9 Å². The second kappa shape index (κ2) is 12.8. The lowest BCUT2D eigenvalue weighted by Gasteiger charge is -2.15. The zero-order valence-corrected chi connectivity index (χ0v) is 23.3. The van der Waals surface area contributed by atoms with E-state index in [0.29, 0.717) is 12.4 Å². The van der Waals surface area contributed by atoms with Crippen LogP contribution in [0.5, 0.6) is 0 Å². The van der Waals surface area contributed by atoms with E-state index in [-0.39, 0.29) is 5.69 Å². The van der Waals surface area contributed by atoms with Crippen molar-refractivity contribution in [3.63, 3.8) is 0 Å². The number of nitrogens with zero attached hydrogens (tertiary/aromatic N) is 4. The van der Waals surface area contributed by atoms with Gasteiger partial charge < -0.3 is 14.6 Å². The van der Waals surface area contributed by atoms with Crippen LogP contribution in [0.4, 0.5) is 0 Å². The summed E-state index contributed by atoms with van der Waals surface area (Å²) in [6, 6.07) is 3.99. The van der Waals surface area contributed by atoms with E-state index in [1.54, 1.807) is 28.6 Å². The van der Waals surface area contributed by atoms with Gasteiger partial charge in [-0.2, -0.15) is 10.2 Å². The number of ether oxygens (including phenoxy) is 2. The van der Waals surface area contributed by atoms with E-state index in [4.69, 9.17) is 9.84 Å². The van der Waals surface area contributed by atoms with Crippen molar-refractivity contribution >= 4 is 28.1 Å². The quantitative estimate of drug-likeness (QED) is 0.275. The number of carboxylic acid groups (broad SMARTS) is 1. The second-order valence-electron chi connectivity index (χ2n) is 10.5. The monoisotopic (exact) mass is 496 g/mol. The van der Waals surface area contributed by atoms with E-state index >= 15 is 0 Å². The first-order valence-electron chi connectivity index (χ1n) is 11.2. The molecule has 2 rings (SSSR count). The van der Waals surface area contributed by atoms with Crippen molar-refractivity contribution in [2.75, 3.05) is 13.7 Å². The molecule has 0 aromatic carbocycles. The second-order valence-corrected chi connectivity index (χ2v) is 21.7. The van der Waals surface area contributed by atoms with Crippen LogP contribution in [0.25, 0.3) is 0 Å². The Morgan fingerprint density at radius 3 is 2.18 bits per heavy atom. The van der Waals surface area contributed by atoms with Crippen LogP contribution >= 0.6 is 0 Å². The Balaban J connectivity index is 0.000000331. The summed E-state index contributed by atoms with van der Waals surface area (Å²) in [5.74, 6) is -1.37. The first-order valence-corrected chi connectivity index (χ1v) is 18.6. The lowest BCUT2D eigenvalue weighted by molar-refractivity contribution is 0.0581. The molecule has 0 unspecified atom stereocenters. The van der Waals surface area contributed by atoms with Crippen LogP contribution in [0, 0.1) is 6.92 Å². The number of carbonyl (C=O) groups is 2. The van der Waals surface area contributed by atoms with Crippen LogP contribution in [-0.2, 0) is 22.7 Å². The highest BCUT2D eigenvalue weighted by Crippen LogP contribution is 2.13. The molecule has 0 atom stereocenters. The molecule has 2 aromatic rings. The van der Waals surface area contributed by atoms with Crippen LogP contribution < -0.4 is 0 Å². The molecule has 0 aliphatic rings. The number of aromatic nitrogens is 4. The molecule has 33 heavy (non-hydrogen) atoms. The molecule has 2 heterocycles. The third kappa shape index (κ3) is 12.0. The Labute approximate surface area is 199 Å². The molecule has 0 saturated carbocycles. The van der Waals surface area contributed by atoms with Gasteiger partial charge in [-0.3, -0.25) is 4.68 Å².